The van der Waals surface area contributed by atoms with Crippen molar-refractivity contribution in [2.24, 2.45) is 5.92 Å². The van der Waals surface area contributed by atoms with E-state index in [1.807, 2.05) is 0 Å². The van der Waals surface area contributed by atoms with Crippen molar-refractivity contribution in [1.29, 1.82) is 0 Å². The number of nitro groups is 1. The number of rotatable bonds is 9. The lowest BCUT2D eigenvalue weighted by Gasteiger charge is -2.14. The van der Waals surface area contributed by atoms with E-state index < -0.39 is 16.8 Å². The third-order valence-corrected chi connectivity index (χ3v) is 3.84. The number of nitrogens with one attached hydrogen (secondary N) is 1. The third-order valence-electron chi connectivity index (χ3n) is 3.84. The van der Waals surface area contributed by atoms with E-state index in [1.54, 1.807) is 31.2 Å². The van der Waals surface area contributed by atoms with Crippen molar-refractivity contribution in [2.75, 3.05) is 13.7 Å². The number of hydrogen-bond acceptors (Lipinski definition) is 6. The molecular weight excluding hydrogens is 368 g/mol. The summed E-state index contributed by atoms with van der Waals surface area (Å²) in [5, 5.41) is 22.4. The molecule has 2 aromatic rings. The summed E-state index contributed by atoms with van der Waals surface area (Å²) in [7, 11) is 1.53. The molecule has 9 nitrogen and oxygen atoms in total. The Hall–Kier alpha value is -3.62. The van der Waals surface area contributed by atoms with Gasteiger partial charge in [-0.2, -0.15) is 0 Å². The molecule has 0 aromatic heterocycles. The molecule has 2 N–H and O–H groups in total. The number of aliphatic carboxylic acids is 1. The van der Waals surface area contributed by atoms with Crippen LogP contribution in [-0.4, -0.2) is 35.6 Å². The normalized spacial score (nSPS) is 11.4. The zero-order valence-corrected chi connectivity index (χ0v) is 15.4. The molecule has 1 amide bonds. The number of benzene rings is 2. The SMILES string of the molecule is COc1ccc(Oc2ccc([N+](=O)[O-])cc2C(=O)NCC(C)CC(=O)O)cc1. The van der Waals surface area contributed by atoms with Gasteiger partial charge in [0, 0.05) is 25.1 Å². The number of carbonyl (C=O) groups is 2. The van der Waals surface area contributed by atoms with Gasteiger partial charge in [0.05, 0.1) is 17.6 Å². The number of carboxylic acid groups (broad SMARTS) is 1. The first-order valence-electron chi connectivity index (χ1n) is 8.40. The molecule has 1 unspecified atom stereocenters. The van der Waals surface area contributed by atoms with E-state index in [0.29, 0.717) is 11.5 Å². The standard InChI is InChI=1S/C19H20N2O7/c1-12(9-18(22)23)11-20-19(24)16-10-13(21(25)26)3-8-17(16)28-15-6-4-14(27-2)5-7-15/h3-8,10,12H,9,11H2,1-2H3,(H,20,24)(H,22,23). The van der Waals surface area contributed by atoms with Gasteiger partial charge in [0.25, 0.3) is 11.6 Å². The van der Waals surface area contributed by atoms with E-state index in [9.17, 15) is 19.7 Å². The summed E-state index contributed by atoms with van der Waals surface area (Å²) in [6.45, 7) is 1.78. The van der Waals surface area contributed by atoms with Crippen molar-refractivity contribution < 1.29 is 29.1 Å². The minimum atomic E-state index is -0.972. The summed E-state index contributed by atoms with van der Waals surface area (Å²) in [6, 6.07) is 10.3. The van der Waals surface area contributed by atoms with Crippen LogP contribution in [0.4, 0.5) is 5.69 Å². The summed E-state index contributed by atoms with van der Waals surface area (Å²) in [6.07, 6.45) is -0.107. The largest absolute Gasteiger partial charge is 0.497 e. The highest BCUT2D eigenvalue weighted by atomic mass is 16.6. The van der Waals surface area contributed by atoms with Crippen LogP contribution in [0.25, 0.3) is 0 Å². The molecule has 148 valence electrons. The van der Waals surface area contributed by atoms with Gasteiger partial charge in [0.1, 0.15) is 17.2 Å². The lowest BCUT2D eigenvalue weighted by Crippen LogP contribution is -2.29. The lowest BCUT2D eigenvalue weighted by atomic mass is 10.1. The van der Waals surface area contributed by atoms with E-state index in [4.69, 9.17) is 14.6 Å². The maximum Gasteiger partial charge on any atom is 0.303 e. The fraction of sp³-hybridized carbons (Fsp3) is 0.263. The van der Waals surface area contributed by atoms with Crippen molar-refractivity contribution in [1.82, 2.24) is 5.32 Å². The first-order chi connectivity index (χ1) is 13.3. The minimum absolute atomic E-state index is 0.0208. The molecule has 28 heavy (non-hydrogen) atoms. The van der Waals surface area contributed by atoms with E-state index in [0.717, 1.165) is 6.07 Å². The molecule has 0 spiro atoms. The van der Waals surface area contributed by atoms with Gasteiger partial charge in [0.15, 0.2) is 0 Å². The molecule has 2 aromatic carbocycles. The molecule has 0 fully saturated rings. The second kappa shape index (κ2) is 9.36. The van der Waals surface area contributed by atoms with E-state index in [-0.39, 0.29) is 35.9 Å². The molecule has 0 aliphatic carbocycles. The third kappa shape index (κ3) is 5.70. The molecule has 0 saturated carbocycles. The number of carboxylic acids is 1. The molecule has 0 aliphatic rings. The van der Waals surface area contributed by atoms with E-state index in [2.05, 4.69) is 5.32 Å². The van der Waals surface area contributed by atoms with Gasteiger partial charge < -0.3 is 19.9 Å². The van der Waals surface area contributed by atoms with Crippen LogP contribution in [0.1, 0.15) is 23.7 Å². The monoisotopic (exact) mass is 388 g/mol. The summed E-state index contributed by atoms with van der Waals surface area (Å²) >= 11 is 0. The minimum Gasteiger partial charge on any atom is -0.497 e. The first-order valence-corrected chi connectivity index (χ1v) is 8.40. The fourth-order valence-electron chi connectivity index (χ4n) is 2.40. The summed E-state index contributed by atoms with van der Waals surface area (Å²) in [5.41, 5.74) is -0.279. The van der Waals surface area contributed by atoms with Crippen molar-refractivity contribution in [2.45, 2.75) is 13.3 Å². The van der Waals surface area contributed by atoms with Gasteiger partial charge in [-0.15, -0.1) is 0 Å². The number of hydrogen-bond donors (Lipinski definition) is 2. The van der Waals surface area contributed by atoms with Gasteiger partial charge in [-0.05, 0) is 36.2 Å². The van der Waals surface area contributed by atoms with Crippen molar-refractivity contribution in [3.05, 3.63) is 58.1 Å². The van der Waals surface area contributed by atoms with Crippen LogP contribution in [0.3, 0.4) is 0 Å². The molecule has 9 heteroatoms. The highest BCUT2D eigenvalue weighted by Crippen LogP contribution is 2.29. The average Bonchev–Trinajstić information content (AvgIpc) is 2.66. The smallest absolute Gasteiger partial charge is 0.303 e. The number of ether oxygens (including phenoxy) is 2. The molecule has 2 rings (SSSR count). The Labute approximate surface area is 161 Å². The highest BCUT2D eigenvalue weighted by molar-refractivity contribution is 5.97. The van der Waals surface area contributed by atoms with Crippen LogP contribution < -0.4 is 14.8 Å². The number of carbonyl (C=O) groups excluding carboxylic acids is 1. The maximum absolute atomic E-state index is 12.5. The van der Waals surface area contributed by atoms with Gasteiger partial charge in [0.2, 0.25) is 0 Å². The number of methoxy groups -OCH3 is 1. The summed E-state index contributed by atoms with van der Waals surface area (Å²) in [4.78, 5) is 33.7. The predicted octanol–water partition coefficient (Wildman–Crippen LogP) is 3.24. The molecule has 0 saturated heterocycles. The number of amides is 1. The van der Waals surface area contributed by atoms with Gasteiger partial charge in [-0.25, -0.2) is 0 Å². The van der Waals surface area contributed by atoms with Gasteiger partial charge >= 0.3 is 5.97 Å². The Morgan fingerprint density at radius 1 is 1.18 bits per heavy atom. The average molecular weight is 388 g/mol. The molecular formula is C19H20N2O7. The Bertz CT molecular complexity index is 865. The van der Waals surface area contributed by atoms with Crippen molar-refractivity contribution in [3.63, 3.8) is 0 Å². The second-order valence-electron chi connectivity index (χ2n) is 6.13. The van der Waals surface area contributed by atoms with Crippen LogP contribution in [0.5, 0.6) is 17.2 Å². The van der Waals surface area contributed by atoms with Crippen LogP contribution in [0, 0.1) is 16.0 Å². The number of nitrogens with zero attached hydrogens (tertiary/aromatic N) is 1. The highest BCUT2D eigenvalue weighted by Gasteiger charge is 2.19. The van der Waals surface area contributed by atoms with E-state index in [1.165, 1.54) is 19.2 Å². The van der Waals surface area contributed by atoms with Crippen LogP contribution >= 0.6 is 0 Å². The van der Waals surface area contributed by atoms with Crippen molar-refractivity contribution >= 4 is 17.6 Å². The van der Waals surface area contributed by atoms with Gasteiger partial charge in [-0.1, -0.05) is 6.92 Å². The number of non-ortho nitro benzene ring substituents is 1. The van der Waals surface area contributed by atoms with Crippen molar-refractivity contribution in [3.8, 4) is 17.2 Å². The Morgan fingerprint density at radius 3 is 2.39 bits per heavy atom. The second-order valence-corrected chi connectivity index (χ2v) is 6.13. The number of nitro benzene ring substituents is 1. The quantitative estimate of drug-likeness (QED) is 0.498. The Balaban J connectivity index is 2.23. The maximum atomic E-state index is 12.5. The molecule has 0 heterocycles. The fourth-order valence-corrected chi connectivity index (χ4v) is 2.40. The summed E-state index contributed by atoms with van der Waals surface area (Å²) in [5.74, 6) is -0.681. The predicted molar refractivity (Wildman–Crippen MR) is 99.9 cm³/mol. The summed E-state index contributed by atoms with van der Waals surface area (Å²) < 4.78 is 10.8. The van der Waals surface area contributed by atoms with Gasteiger partial charge in [-0.3, -0.25) is 19.7 Å². The van der Waals surface area contributed by atoms with Crippen LogP contribution in [-0.2, 0) is 4.79 Å². The zero-order valence-electron chi connectivity index (χ0n) is 15.4. The molecule has 0 radical (unpaired) electrons. The lowest BCUT2D eigenvalue weighted by molar-refractivity contribution is -0.384. The molecule has 0 bridgehead atoms. The Kier molecular flexibility index (Phi) is 6.91. The zero-order chi connectivity index (χ0) is 20.7. The van der Waals surface area contributed by atoms with Crippen LogP contribution in [0.15, 0.2) is 42.5 Å². The first kappa shape index (κ1) is 20.7. The van der Waals surface area contributed by atoms with Crippen LogP contribution in [0.2, 0.25) is 0 Å². The Morgan fingerprint density at radius 2 is 1.82 bits per heavy atom. The van der Waals surface area contributed by atoms with E-state index >= 15 is 0 Å². The molecule has 1 atom stereocenters. The molecule has 0 aliphatic heterocycles. The topological polar surface area (TPSA) is 128 Å².